The Morgan fingerprint density at radius 3 is 2.11 bits per heavy atom. The van der Waals surface area contributed by atoms with Gasteiger partial charge in [-0.1, -0.05) is 62.4 Å². The Hall–Kier alpha value is -3.82. The molecule has 0 saturated carbocycles. The number of carbonyl (C=O) groups excluding carboxylic acids is 1. The number of aromatic nitrogens is 2. The lowest BCUT2D eigenvalue weighted by Gasteiger charge is -2.18. The number of carbonyl (C=O) groups is 1. The average molecular weight is 491 g/mol. The Bertz CT molecular complexity index is 1510. The maximum Gasteiger partial charge on any atom is 0.279 e. The number of hydrogen-bond acceptors (Lipinski definition) is 5. The third kappa shape index (κ3) is 4.87. The second-order valence-electron chi connectivity index (χ2n) is 7.86. The van der Waals surface area contributed by atoms with E-state index in [1.54, 1.807) is 86.6 Å². The summed E-state index contributed by atoms with van der Waals surface area (Å²) in [7, 11) is -3.55. The Labute approximate surface area is 203 Å². The van der Waals surface area contributed by atoms with Crippen LogP contribution in [-0.4, -0.2) is 41.5 Å². The van der Waals surface area contributed by atoms with Crippen LogP contribution in [0.5, 0.6) is 0 Å². The molecule has 1 amide bonds. The Morgan fingerprint density at radius 1 is 0.886 bits per heavy atom. The minimum absolute atomic E-state index is 0.129. The first-order valence-electron chi connectivity index (χ1n) is 11.3. The second-order valence-corrected chi connectivity index (χ2v) is 9.80. The van der Waals surface area contributed by atoms with E-state index in [4.69, 9.17) is 0 Å². The van der Waals surface area contributed by atoms with E-state index in [-0.39, 0.29) is 22.7 Å². The molecular weight excluding hydrogens is 464 g/mol. The predicted octanol–water partition coefficient (Wildman–Crippen LogP) is 3.35. The number of amides is 1. The highest BCUT2D eigenvalue weighted by atomic mass is 32.2. The van der Waals surface area contributed by atoms with Gasteiger partial charge in [0.05, 0.1) is 16.0 Å². The maximum atomic E-state index is 13.1. The van der Waals surface area contributed by atoms with Crippen LogP contribution in [0.4, 0.5) is 0 Å². The van der Waals surface area contributed by atoms with Crippen molar-refractivity contribution in [3.63, 3.8) is 0 Å². The highest BCUT2D eigenvalue weighted by molar-refractivity contribution is 7.89. The van der Waals surface area contributed by atoms with Gasteiger partial charge in [-0.15, -0.1) is 0 Å². The first-order chi connectivity index (χ1) is 16.9. The zero-order valence-corrected chi connectivity index (χ0v) is 20.3. The average Bonchev–Trinajstić information content (AvgIpc) is 2.89. The van der Waals surface area contributed by atoms with Gasteiger partial charge in [-0.3, -0.25) is 9.59 Å². The first kappa shape index (κ1) is 24.3. The van der Waals surface area contributed by atoms with Crippen molar-refractivity contribution in [1.29, 1.82) is 0 Å². The smallest absolute Gasteiger partial charge is 0.279 e. The van der Waals surface area contributed by atoms with E-state index in [1.807, 2.05) is 6.07 Å². The molecule has 0 aliphatic heterocycles. The molecule has 0 aliphatic carbocycles. The summed E-state index contributed by atoms with van der Waals surface area (Å²) in [6.45, 7) is 4.55. The zero-order chi connectivity index (χ0) is 25.0. The molecule has 0 radical (unpaired) electrons. The molecule has 35 heavy (non-hydrogen) atoms. The number of hydrogen-bond donors (Lipinski definition) is 1. The summed E-state index contributed by atoms with van der Waals surface area (Å²) in [5.41, 5.74) is 1.11. The molecular formula is C26H26N4O4S. The summed E-state index contributed by atoms with van der Waals surface area (Å²) in [5, 5.41) is 8.06. The van der Waals surface area contributed by atoms with Crippen molar-refractivity contribution in [3.05, 3.63) is 100 Å². The van der Waals surface area contributed by atoms with Crippen LogP contribution >= 0.6 is 0 Å². The van der Waals surface area contributed by atoms with Gasteiger partial charge < -0.3 is 5.32 Å². The van der Waals surface area contributed by atoms with E-state index >= 15 is 0 Å². The molecule has 1 heterocycles. The van der Waals surface area contributed by atoms with Crippen LogP contribution in [0.1, 0.15) is 29.9 Å². The minimum atomic E-state index is -3.55. The van der Waals surface area contributed by atoms with Crippen LogP contribution in [0.3, 0.4) is 0 Å². The largest absolute Gasteiger partial charge is 0.347 e. The van der Waals surface area contributed by atoms with Crippen LogP contribution in [0, 0.1) is 0 Å². The van der Waals surface area contributed by atoms with E-state index in [2.05, 4.69) is 10.4 Å². The molecule has 3 aromatic carbocycles. The molecule has 4 rings (SSSR count). The number of nitrogens with zero attached hydrogens (tertiary/aromatic N) is 3. The van der Waals surface area contributed by atoms with Gasteiger partial charge in [0.1, 0.15) is 0 Å². The monoisotopic (exact) mass is 490 g/mol. The van der Waals surface area contributed by atoms with Crippen molar-refractivity contribution in [2.75, 3.05) is 13.1 Å². The highest BCUT2D eigenvalue weighted by Gasteiger charge is 2.21. The highest BCUT2D eigenvalue weighted by Crippen LogP contribution is 2.18. The molecule has 4 aromatic rings. The van der Waals surface area contributed by atoms with E-state index in [1.165, 1.54) is 8.99 Å². The standard InChI is InChI=1S/C26H26N4O4S/c1-3-29(4-2)35(33,34)21-16-14-19(15-17-21)18-27-25(31)24-22-12-8-9-13-23(22)26(32)30(28-24)20-10-6-5-7-11-20/h5-17H,3-4,18H2,1-2H3,(H,27,31). The molecule has 180 valence electrons. The molecule has 0 unspecified atom stereocenters. The zero-order valence-electron chi connectivity index (χ0n) is 19.5. The number of para-hydroxylation sites is 1. The van der Waals surface area contributed by atoms with Crippen molar-refractivity contribution in [2.24, 2.45) is 0 Å². The number of benzene rings is 3. The summed E-state index contributed by atoms with van der Waals surface area (Å²) in [6, 6.07) is 22.2. The third-order valence-corrected chi connectivity index (χ3v) is 7.80. The lowest BCUT2D eigenvalue weighted by molar-refractivity contribution is 0.0946. The van der Waals surface area contributed by atoms with Crippen molar-refractivity contribution >= 4 is 26.7 Å². The number of rotatable bonds is 8. The van der Waals surface area contributed by atoms with Gasteiger partial charge in [0.15, 0.2) is 5.69 Å². The normalized spacial score (nSPS) is 11.6. The van der Waals surface area contributed by atoms with Crippen LogP contribution in [0.15, 0.2) is 88.6 Å². The van der Waals surface area contributed by atoms with Crippen LogP contribution in [-0.2, 0) is 16.6 Å². The Morgan fingerprint density at radius 2 is 1.49 bits per heavy atom. The van der Waals surface area contributed by atoms with Crippen molar-refractivity contribution in [1.82, 2.24) is 19.4 Å². The summed E-state index contributed by atoms with van der Waals surface area (Å²) >= 11 is 0. The lowest BCUT2D eigenvalue weighted by atomic mass is 10.1. The van der Waals surface area contributed by atoms with Gasteiger partial charge in [0, 0.05) is 25.0 Å². The fourth-order valence-electron chi connectivity index (χ4n) is 3.86. The van der Waals surface area contributed by atoms with E-state index < -0.39 is 15.9 Å². The van der Waals surface area contributed by atoms with Gasteiger partial charge in [-0.05, 0) is 35.9 Å². The lowest BCUT2D eigenvalue weighted by Crippen LogP contribution is -2.30. The van der Waals surface area contributed by atoms with Gasteiger partial charge in [0.25, 0.3) is 11.5 Å². The quantitative estimate of drug-likeness (QED) is 0.408. The topological polar surface area (TPSA) is 101 Å². The Balaban J connectivity index is 1.60. The summed E-state index contributed by atoms with van der Waals surface area (Å²) in [5.74, 6) is -0.439. The molecule has 0 spiro atoms. The molecule has 0 atom stereocenters. The van der Waals surface area contributed by atoms with Gasteiger partial charge >= 0.3 is 0 Å². The van der Waals surface area contributed by atoms with E-state index in [0.717, 1.165) is 5.56 Å². The minimum Gasteiger partial charge on any atom is -0.347 e. The van der Waals surface area contributed by atoms with E-state index in [9.17, 15) is 18.0 Å². The SMILES string of the molecule is CCN(CC)S(=O)(=O)c1ccc(CNC(=O)c2nn(-c3ccccc3)c(=O)c3ccccc23)cc1. The molecule has 0 fully saturated rings. The number of fused-ring (bicyclic) bond motifs is 1. The van der Waals surface area contributed by atoms with Gasteiger partial charge in [-0.2, -0.15) is 14.1 Å². The third-order valence-electron chi connectivity index (χ3n) is 5.74. The maximum absolute atomic E-state index is 13.1. The fourth-order valence-corrected chi connectivity index (χ4v) is 5.32. The summed E-state index contributed by atoms with van der Waals surface area (Å²) in [6.07, 6.45) is 0. The van der Waals surface area contributed by atoms with Crippen molar-refractivity contribution < 1.29 is 13.2 Å². The second kappa shape index (κ2) is 10.2. The summed E-state index contributed by atoms with van der Waals surface area (Å²) < 4.78 is 28.0. The van der Waals surface area contributed by atoms with E-state index in [0.29, 0.717) is 29.5 Å². The van der Waals surface area contributed by atoms with Crippen molar-refractivity contribution in [3.8, 4) is 5.69 Å². The Kier molecular flexibility index (Phi) is 7.09. The molecule has 9 heteroatoms. The molecule has 0 aliphatic rings. The first-order valence-corrected chi connectivity index (χ1v) is 12.8. The van der Waals surface area contributed by atoms with Crippen LogP contribution < -0.4 is 10.9 Å². The fraction of sp³-hybridized carbons (Fsp3) is 0.192. The molecule has 1 aromatic heterocycles. The number of sulfonamides is 1. The molecule has 8 nitrogen and oxygen atoms in total. The molecule has 0 saturated heterocycles. The van der Waals surface area contributed by atoms with Gasteiger partial charge in [0.2, 0.25) is 10.0 Å². The predicted molar refractivity (Wildman–Crippen MR) is 135 cm³/mol. The van der Waals surface area contributed by atoms with Crippen LogP contribution in [0.25, 0.3) is 16.5 Å². The molecule has 1 N–H and O–H groups in total. The van der Waals surface area contributed by atoms with Gasteiger partial charge in [-0.25, -0.2) is 8.42 Å². The summed E-state index contributed by atoms with van der Waals surface area (Å²) in [4.78, 5) is 26.3. The molecule has 0 bridgehead atoms. The van der Waals surface area contributed by atoms with Crippen LogP contribution in [0.2, 0.25) is 0 Å². The van der Waals surface area contributed by atoms with Crippen molar-refractivity contribution in [2.45, 2.75) is 25.3 Å². The number of nitrogens with one attached hydrogen (secondary N) is 1.